The summed E-state index contributed by atoms with van der Waals surface area (Å²) in [5, 5.41) is 2.93. The Hall–Kier alpha value is -0.960. The molecule has 0 aliphatic rings. The van der Waals surface area contributed by atoms with Crippen molar-refractivity contribution in [2.45, 2.75) is 32.1 Å². The fourth-order valence-electron chi connectivity index (χ4n) is 1.30. The van der Waals surface area contributed by atoms with Crippen molar-refractivity contribution in [2.75, 3.05) is 12.3 Å². The van der Waals surface area contributed by atoms with Crippen LogP contribution in [0.4, 0.5) is 0 Å². The normalized spacial score (nSPS) is 10.6. The first-order chi connectivity index (χ1) is 8.08. The summed E-state index contributed by atoms with van der Waals surface area (Å²) in [7, 11) is 0. The zero-order valence-corrected chi connectivity index (χ0v) is 11.6. The van der Waals surface area contributed by atoms with E-state index in [2.05, 4.69) is 50.4 Å². The molecule has 0 spiro atoms. The van der Waals surface area contributed by atoms with Gasteiger partial charge in [-0.2, -0.15) is 0 Å². The second-order valence-electron chi connectivity index (χ2n) is 4.61. The highest BCUT2D eigenvalue weighted by Crippen LogP contribution is 2.18. The molecule has 0 radical (unpaired) electrons. The molecule has 0 fully saturated rings. The minimum atomic E-state index is 0.151. The SMILES string of the molecule is Cc1ccc(SCCC(=O)NCC(C)C)cc1. The first-order valence-electron chi connectivity index (χ1n) is 6.04. The number of hydrogen-bond acceptors (Lipinski definition) is 2. The molecule has 0 unspecified atom stereocenters. The highest BCUT2D eigenvalue weighted by Gasteiger charge is 2.02. The maximum absolute atomic E-state index is 11.5. The van der Waals surface area contributed by atoms with Gasteiger partial charge in [0.1, 0.15) is 0 Å². The molecule has 1 amide bonds. The van der Waals surface area contributed by atoms with Gasteiger partial charge in [-0.15, -0.1) is 11.8 Å². The maximum atomic E-state index is 11.5. The number of carbonyl (C=O) groups excluding carboxylic acids is 1. The number of rotatable bonds is 6. The molecule has 17 heavy (non-hydrogen) atoms. The Morgan fingerprint density at radius 3 is 2.53 bits per heavy atom. The summed E-state index contributed by atoms with van der Waals surface area (Å²) >= 11 is 1.73. The Bertz CT molecular complexity index is 346. The van der Waals surface area contributed by atoms with Crippen molar-refractivity contribution in [3.63, 3.8) is 0 Å². The van der Waals surface area contributed by atoms with Gasteiger partial charge in [0.25, 0.3) is 0 Å². The minimum absolute atomic E-state index is 0.151. The Kier molecular flexibility index (Phi) is 6.12. The zero-order chi connectivity index (χ0) is 12.7. The van der Waals surface area contributed by atoms with Gasteiger partial charge in [-0.25, -0.2) is 0 Å². The lowest BCUT2D eigenvalue weighted by Gasteiger charge is -2.07. The summed E-state index contributed by atoms with van der Waals surface area (Å²) in [6, 6.07) is 8.40. The van der Waals surface area contributed by atoms with Gasteiger partial charge in [-0.3, -0.25) is 4.79 Å². The van der Waals surface area contributed by atoms with Crippen LogP contribution < -0.4 is 5.32 Å². The van der Waals surface area contributed by atoms with Crippen LogP contribution in [0, 0.1) is 12.8 Å². The topological polar surface area (TPSA) is 29.1 Å². The van der Waals surface area contributed by atoms with E-state index in [0.29, 0.717) is 12.3 Å². The molecular formula is C14H21NOS. The van der Waals surface area contributed by atoms with E-state index >= 15 is 0 Å². The predicted octanol–water partition coefficient (Wildman–Crippen LogP) is 3.25. The van der Waals surface area contributed by atoms with Gasteiger partial charge in [-0.05, 0) is 25.0 Å². The number of nitrogens with one attached hydrogen (secondary N) is 1. The van der Waals surface area contributed by atoms with Gasteiger partial charge in [0, 0.05) is 23.6 Å². The summed E-state index contributed by atoms with van der Waals surface area (Å²) in [6.45, 7) is 7.05. The number of carbonyl (C=O) groups is 1. The summed E-state index contributed by atoms with van der Waals surface area (Å²) in [4.78, 5) is 12.7. The molecule has 1 N–H and O–H groups in total. The Labute approximate surface area is 108 Å². The van der Waals surface area contributed by atoms with E-state index in [0.717, 1.165) is 12.3 Å². The van der Waals surface area contributed by atoms with E-state index < -0.39 is 0 Å². The van der Waals surface area contributed by atoms with Crippen LogP contribution in [0.3, 0.4) is 0 Å². The van der Waals surface area contributed by atoms with Gasteiger partial charge < -0.3 is 5.32 Å². The molecule has 0 heterocycles. The van der Waals surface area contributed by atoms with Crippen LogP contribution in [0.1, 0.15) is 25.8 Å². The molecule has 0 aliphatic carbocycles. The number of hydrogen-bond donors (Lipinski definition) is 1. The van der Waals surface area contributed by atoms with Gasteiger partial charge in [0.2, 0.25) is 5.91 Å². The zero-order valence-electron chi connectivity index (χ0n) is 10.8. The number of aryl methyl sites for hydroxylation is 1. The largest absolute Gasteiger partial charge is 0.356 e. The summed E-state index contributed by atoms with van der Waals surface area (Å²) in [5.74, 6) is 1.51. The molecule has 0 atom stereocenters. The van der Waals surface area contributed by atoms with E-state index in [1.54, 1.807) is 11.8 Å². The molecule has 2 nitrogen and oxygen atoms in total. The van der Waals surface area contributed by atoms with Crippen LogP contribution in [0.25, 0.3) is 0 Å². The molecule has 0 saturated carbocycles. The fraction of sp³-hybridized carbons (Fsp3) is 0.500. The van der Waals surface area contributed by atoms with Gasteiger partial charge in [-0.1, -0.05) is 31.5 Å². The van der Waals surface area contributed by atoms with Crippen molar-refractivity contribution >= 4 is 17.7 Å². The second-order valence-corrected chi connectivity index (χ2v) is 5.78. The highest BCUT2D eigenvalue weighted by molar-refractivity contribution is 7.99. The molecule has 0 aliphatic heterocycles. The third kappa shape index (κ3) is 6.37. The van der Waals surface area contributed by atoms with Crippen molar-refractivity contribution in [3.05, 3.63) is 29.8 Å². The Morgan fingerprint density at radius 1 is 1.29 bits per heavy atom. The fourth-order valence-corrected chi connectivity index (χ4v) is 2.15. The molecule has 3 heteroatoms. The van der Waals surface area contributed by atoms with Crippen molar-refractivity contribution in [1.29, 1.82) is 0 Å². The lowest BCUT2D eigenvalue weighted by atomic mass is 10.2. The second kappa shape index (κ2) is 7.38. The van der Waals surface area contributed by atoms with Crippen LogP contribution >= 0.6 is 11.8 Å². The predicted molar refractivity (Wildman–Crippen MR) is 74.4 cm³/mol. The van der Waals surface area contributed by atoms with Crippen LogP contribution in [-0.4, -0.2) is 18.2 Å². The van der Waals surface area contributed by atoms with E-state index in [9.17, 15) is 4.79 Å². The first kappa shape index (κ1) is 14.1. The number of thioether (sulfide) groups is 1. The number of amides is 1. The maximum Gasteiger partial charge on any atom is 0.220 e. The number of benzene rings is 1. The monoisotopic (exact) mass is 251 g/mol. The molecule has 0 saturated heterocycles. The van der Waals surface area contributed by atoms with Crippen LogP contribution in [0.15, 0.2) is 29.2 Å². The molecule has 1 rings (SSSR count). The molecule has 1 aromatic carbocycles. The highest BCUT2D eigenvalue weighted by atomic mass is 32.2. The summed E-state index contributed by atoms with van der Waals surface area (Å²) in [6.07, 6.45) is 0.589. The average Bonchev–Trinajstić information content (AvgIpc) is 2.29. The lowest BCUT2D eigenvalue weighted by Crippen LogP contribution is -2.27. The lowest BCUT2D eigenvalue weighted by molar-refractivity contribution is -0.120. The van der Waals surface area contributed by atoms with Gasteiger partial charge >= 0.3 is 0 Å². The molecule has 0 bridgehead atoms. The van der Waals surface area contributed by atoms with Crippen molar-refractivity contribution in [3.8, 4) is 0 Å². The Balaban J connectivity index is 2.19. The van der Waals surface area contributed by atoms with E-state index in [4.69, 9.17) is 0 Å². The minimum Gasteiger partial charge on any atom is -0.356 e. The third-order valence-electron chi connectivity index (χ3n) is 2.33. The molecule has 1 aromatic rings. The average molecular weight is 251 g/mol. The summed E-state index contributed by atoms with van der Waals surface area (Å²) in [5.41, 5.74) is 1.27. The van der Waals surface area contributed by atoms with Gasteiger partial charge in [0.15, 0.2) is 0 Å². The van der Waals surface area contributed by atoms with Crippen LogP contribution in [-0.2, 0) is 4.79 Å². The van der Waals surface area contributed by atoms with Crippen LogP contribution in [0.5, 0.6) is 0 Å². The molecule has 0 aromatic heterocycles. The van der Waals surface area contributed by atoms with E-state index in [1.807, 2.05) is 0 Å². The quantitative estimate of drug-likeness (QED) is 0.786. The van der Waals surface area contributed by atoms with E-state index in [1.165, 1.54) is 10.5 Å². The van der Waals surface area contributed by atoms with Crippen LogP contribution in [0.2, 0.25) is 0 Å². The van der Waals surface area contributed by atoms with Gasteiger partial charge in [0.05, 0.1) is 0 Å². The molecule has 94 valence electrons. The van der Waals surface area contributed by atoms with E-state index in [-0.39, 0.29) is 5.91 Å². The smallest absolute Gasteiger partial charge is 0.220 e. The third-order valence-corrected chi connectivity index (χ3v) is 3.34. The first-order valence-corrected chi connectivity index (χ1v) is 7.02. The van der Waals surface area contributed by atoms with Crippen molar-refractivity contribution in [2.24, 2.45) is 5.92 Å². The standard InChI is InChI=1S/C14H21NOS/c1-11(2)10-15-14(16)8-9-17-13-6-4-12(3)5-7-13/h4-7,11H,8-10H2,1-3H3,(H,15,16). The van der Waals surface area contributed by atoms with Crippen molar-refractivity contribution in [1.82, 2.24) is 5.32 Å². The summed E-state index contributed by atoms with van der Waals surface area (Å²) < 4.78 is 0. The van der Waals surface area contributed by atoms with Crippen molar-refractivity contribution < 1.29 is 4.79 Å². The Morgan fingerprint density at radius 2 is 1.94 bits per heavy atom. The molecular weight excluding hydrogens is 230 g/mol.